The Hall–Kier alpha value is -1.62. The fourth-order valence-corrected chi connectivity index (χ4v) is 1.91. The number of hydrogen-bond acceptors (Lipinski definition) is 3. The predicted molar refractivity (Wildman–Crippen MR) is 71.5 cm³/mol. The fourth-order valence-electron chi connectivity index (χ4n) is 1.56. The molecule has 1 N–H and O–H groups in total. The van der Waals surface area contributed by atoms with Crippen LogP contribution in [0.1, 0.15) is 27.4 Å². The van der Waals surface area contributed by atoms with Gasteiger partial charge in [-0.3, -0.25) is 4.79 Å². The zero-order valence-corrected chi connectivity index (χ0v) is 11.5. The van der Waals surface area contributed by atoms with Gasteiger partial charge < -0.3 is 9.84 Å². The molecule has 5 heteroatoms. The van der Waals surface area contributed by atoms with Crippen molar-refractivity contribution < 1.29 is 9.32 Å². The van der Waals surface area contributed by atoms with E-state index in [0.717, 1.165) is 10.9 Å². The number of rotatable bonds is 4. The van der Waals surface area contributed by atoms with Gasteiger partial charge in [-0.05, 0) is 18.1 Å². The lowest BCUT2D eigenvalue weighted by Gasteiger charge is -2.04. The Balaban J connectivity index is 1.97. The molecule has 0 aliphatic carbocycles. The van der Waals surface area contributed by atoms with Gasteiger partial charge in [0.2, 0.25) is 5.76 Å². The van der Waals surface area contributed by atoms with E-state index in [0.29, 0.717) is 12.2 Å². The van der Waals surface area contributed by atoms with E-state index in [1.165, 1.54) is 5.56 Å². The van der Waals surface area contributed by atoms with E-state index in [9.17, 15) is 4.79 Å². The average Bonchev–Trinajstić information content (AvgIpc) is 2.83. The molecule has 0 aliphatic heterocycles. The zero-order chi connectivity index (χ0) is 13.0. The molecule has 1 aromatic carbocycles. The maximum absolute atomic E-state index is 11.7. The third-order valence-corrected chi connectivity index (χ3v) is 3.10. The maximum atomic E-state index is 11.7. The van der Waals surface area contributed by atoms with Crippen LogP contribution in [0.25, 0.3) is 0 Å². The summed E-state index contributed by atoms with van der Waals surface area (Å²) in [4.78, 5) is 11.7. The van der Waals surface area contributed by atoms with Crippen LogP contribution in [0.3, 0.4) is 0 Å². The molecule has 1 aromatic heterocycles. The molecule has 1 heterocycles. The van der Waals surface area contributed by atoms with Gasteiger partial charge in [-0.15, -0.1) is 0 Å². The van der Waals surface area contributed by atoms with Crippen molar-refractivity contribution in [2.24, 2.45) is 0 Å². The van der Waals surface area contributed by atoms with Crippen LogP contribution in [0.5, 0.6) is 0 Å². The zero-order valence-electron chi connectivity index (χ0n) is 9.94. The van der Waals surface area contributed by atoms with Crippen LogP contribution in [0.15, 0.2) is 34.9 Å². The van der Waals surface area contributed by atoms with E-state index in [4.69, 9.17) is 4.52 Å². The topological polar surface area (TPSA) is 55.1 Å². The lowest BCUT2D eigenvalue weighted by atomic mass is 10.1. The van der Waals surface area contributed by atoms with Crippen molar-refractivity contribution >= 4 is 21.8 Å². The van der Waals surface area contributed by atoms with Crippen LogP contribution in [0, 0.1) is 6.92 Å². The van der Waals surface area contributed by atoms with E-state index < -0.39 is 0 Å². The van der Waals surface area contributed by atoms with E-state index in [-0.39, 0.29) is 11.7 Å². The number of hydrogen-bond donors (Lipinski definition) is 1. The number of carbonyl (C=O) groups excluding carboxylic acids is 1. The number of amides is 1. The monoisotopic (exact) mass is 308 g/mol. The van der Waals surface area contributed by atoms with Gasteiger partial charge >= 0.3 is 0 Å². The van der Waals surface area contributed by atoms with Crippen molar-refractivity contribution in [1.29, 1.82) is 0 Å². The number of halogens is 1. The molecule has 0 unspecified atom stereocenters. The lowest BCUT2D eigenvalue weighted by molar-refractivity contribution is 0.0914. The van der Waals surface area contributed by atoms with Gasteiger partial charge in [0.15, 0.2) is 0 Å². The quantitative estimate of drug-likeness (QED) is 0.884. The first-order valence-electron chi connectivity index (χ1n) is 5.54. The van der Waals surface area contributed by atoms with E-state index in [1.54, 1.807) is 13.0 Å². The molecule has 0 saturated heterocycles. The Morgan fingerprint density at radius 3 is 2.83 bits per heavy atom. The summed E-state index contributed by atoms with van der Waals surface area (Å²) < 4.78 is 4.89. The molecule has 4 nitrogen and oxygen atoms in total. The minimum atomic E-state index is -0.250. The normalized spacial score (nSPS) is 10.3. The highest BCUT2D eigenvalue weighted by atomic mass is 79.9. The smallest absolute Gasteiger partial charge is 0.290 e. The summed E-state index contributed by atoms with van der Waals surface area (Å²) in [5.41, 5.74) is 2.93. The predicted octanol–water partition coefficient (Wildman–Crippen LogP) is 2.81. The third-order valence-electron chi connectivity index (χ3n) is 2.45. The second kappa shape index (κ2) is 5.82. The van der Waals surface area contributed by atoms with Crippen molar-refractivity contribution in [2.45, 2.75) is 18.8 Å². The largest absolute Gasteiger partial charge is 0.351 e. The molecule has 1 amide bonds. The van der Waals surface area contributed by atoms with Crippen molar-refractivity contribution in [3.8, 4) is 0 Å². The first kappa shape index (κ1) is 12.8. The van der Waals surface area contributed by atoms with Crippen LogP contribution in [-0.4, -0.2) is 11.1 Å². The van der Waals surface area contributed by atoms with Gasteiger partial charge in [-0.25, -0.2) is 0 Å². The number of nitrogens with one attached hydrogen (secondary N) is 1. The summed E-state index contributed by atoms with van der Waals surface area (Å²) in [6.45, 7) is 2.25. The Kier molecular flexibility index (Phi) is 4.15. The van der Waals surface area contributed by atoms with Gasteiger partial charge in [-0.2, -0.15) is 0 Å². The standard InChI is InChI=1S/C13H13BrN2O2/c1-9-5-12(18-16-9)13(17)15-8-11-4-2-3-10(6-11)7-14/h2-6H,7-8H2,1H3,(H,15,17). The molecular weight excluding hydrogens is 296 g/mol. The second-order valence-electron chi connectivity index (χ2n) is 3.97. The highest BCUT2D eigenvalue weighted by molar-refractivity contribution is 9.08. The molecule has 2 aromatic rings. The number of benzene rings is 1. The summed E-state index contributed by atoms with van der Waals surface area (Å²) in [6.07, 6.45) is 0. The number of aromatic nitrogens is 1. The van der Waals surface area contributed by atoms with Crippen LogP contribution in [0.2, 0.25) is 0 Å². The molecule has 0 spiro atoms. The Labute approximate surface area is 113 Å². The number of alkyl halides is 1. The molecule has 0 atom stereocenters. The van der Waals surface area contributed by atoms with E-state index in [1.807, 2.05) is 24.3 Å². The van der Waals surface area contributed by atoms with Crippen LogP contribution >= 0.6 is 15.9 Å². The second-order valence-corrected chi connectivity index (χ2v) is 4.53. The van der Waals surface area contributed by atoms with Crippen molar-refractivity contribution in [2.75, 3.05) is 0 Å². The summed E-state index contributed by atoms with van der Waals surface area (Å²) >= 11 is 3.40. The minimum Gasteiger partial charge on any atom is -0.351 e. The molecule has 0 fully saturated rings. The van der Waals surface area contributed by atoms with E-state index >= 15 is 0 Å². The molecule has 94 valence electrons. The van der Waals surface area contributed by atoms with Gasteiger partial charge in [0, 0.05) is 17.9 Å². The first-order valence-corrected chi connectivity index (χ1v) is 6.66. The van der Waals surface area contributed by atoms with Crippen LogP contribution < -0.4 is 5.32 Å². The summed E-state index contributed by atoms with van der Waals surface area (Å²) in [5.74, 6) is -0.0102. The lowest BCUT2D eigenvalue weighted by Crippen LogP contribution is -2.22. The Bertz CT molecular complexity index is 551. The van der Waals surface area contributed by atoms with Gasteiger partial charge in [0.1, 0.15) is 0 Å². The average molecular weight is 309 g/mol. The number of nitrogens with zero attached hydrogens (tertiary/aromatic N) is 1. The highest BCUT2D eigenvalue weighted by Gasteiger charge is 2.10. The van der Waals surface area contributed by atoms with Crippen molar-refractivity contribution in [1.82, 2.24) is 10.5 Å². The Morgan fingerprint density at radius 2 is 2.17 bits per heavy atom. The van der Waals surface area contributed by atoms with Gasteiger partial charge in [0.05, 0.1) is 5.69 Å². The Morgan fingerprint density at radius 1 is 1.39 bits per heavy atom. The van der Waals surface area contributed by atoms with Crippen molar-refractivity contribution in [3.63, 3.8) is 0 Å². The minimum absolute atomic E-state index is 0.240. The molecule has 0 radical (unpaired) electrons. The van der Waals surface area contributed by atoms with Crippen LogP contribution in [0.4, 0.5) is 0 Å². The molecule has 0 bridgehead atoms. The molecule has 2 rings (SSSR count). The van der Waals surface area contributed by atoms with Crippen molar-refractivity contribution in [3.05, 3.63) is 52.9 Å². The SMILES string of the molecule is Cc1cc(C(=O)NCc2cccc(CBr)c2)on1. The molecule has 0 aliphatic rings. The summed E-state index contributed by atoms with van der Waals surface area (Å²) in [5, 5.41) is 7.27. The van der Waals surface area contributed by atoms with Crippen LogP contribution in [-0.2, 0) is 11.9 Å². The van der Waals surface area contributed by atoms with Gasteiger partial charge in [0.25, 0.3) is 5.91 Å². The first-order chi connectivity index (χ1) is 8.69. The number of aryl methyl sites for hydroxylation is 1. The highest BCUT2D eigenvalue weighted by Crippen LogP contribution is 2.09. The summed E-state index contributed by atoms with van der Waals surface area (Å²) in [7, 11) is 0. The third kappa shape index (κ3) is 3.20. The molecule has 0 saturated carbocycles. The van der Waals surface area contributed by atoms with Gasteiger partial charge in [-0.1, -0.05) is 45.4 Å². The maximum Gasteiger partial charge on any atom is 0.290 e. The fraction of sp³-hybridized carbons (Fsp3) is 0.231. The summed E-state index contributed by atoms with van der Waals surface area (Å²) in [6, 6.07) is 9.62. The molecule has 18 heavy (non-hydrogen) atoms. The number of carbonyl (C=O) groups is 1. The van der Waals surface area contributed by atoms with E-state index in [2.05, 4.69) is 26.4 Å². The molecular formula is C13H13BrN2O2.